The van der Waals surface area contributed by atoms with Crippen LogP contribution >= 0.6 is 11.6 Å². The zero-order valence-corrected chi connectivity index (χ0v) is 29.9. The number of nitrogen functional groups attached to an aromatic ring is 1. The van der Waals surface area contributed by atoms with Gasteiger partial charge in [-0.3, -0.25) is 14.4 Å². The monoisotopic (exact) mass is 742 g/mol. The van der Waals surface area contributed by atoms with E-state index >= 15 is 4.39 Å². The Labute approximate surface area is 303 Å². The van der Waals surface area contributed by atoms with Crippen LogP contribution in [0.1, 0.15) is 82.8 Å². The lowest BCUT2D eigenvalue weighted by molar-refractivity contribution is -0.140. The molecule has 2 atom stereocenters. The SMILES string of the molecule is C=C1CN2CCCC2(COc2nc3c(c(N4CCCn5nc(C(=O)N(C)C)c(Cl)c5C4)n2)COC(c2c(F)c(N)cc(C#CC)c2C(F)(F)F)C3)C1. The van der Waals surface area contributed by atoms with E-state index in [1.165, 1.54) is 11.8 Å². The van der Waals surface area contributed by atoms with Crippen LogP contribution in [0.15, 0.2) is 18.2 Å². The number of rotatable bonds is 6. The lowest BCUT2D eigenvalue weighted by atomic mass is 9.91. The lowest BCUT2D eigenvalue weighted by Gasteiger charge is -2.33. The van der Waals surface area contributed by atoms with Crippen LogP contribution in [0.2, 0.25) is 5.02 Å². The van der Waals surface area contributed by atoms with Crippen molar-refractivity contribution in [1.29, 1.82) is 0 Å². The molecule has 7 rings (SSSR count). The smallest absolute Gasteiger partial charge is 0.418 e. The highest BCUT2D eigenvalue weighted by Crippen LogP contribution is 2.45. The number of aromatic nitrogens is 4. The Bertz CT molecular complexity index is 2020. The fourth-order valence-electron chi connectivity index (χ4n) is 7.94. The average Bonchev–Trinajstić information content (AvgIpc) is 3.66. The number of aryl methyl sites for hydroxylation is 1. The van der Waals surface area contributed by atoms with Gasteiger partial charge in [-0.1, -0.05) is 29.7 Å². The predicted molar refractivity (Wildman–Crippen MR) is 185 cm³/mol. The van der Waals surface area contributed by atoms with E-state index in [1.807, 2.05) is 4.90 Å². The van der Waals surface area contributed by atoms with Crippen LogP contribution in [0.3, 0.4) is 0 Å². The van der Waals surface area contributed by atoms with E-state index < -0.39 is 40.5 Å². The lowest BCUT2D eigenvalue weighted by Crippen LogP contribution is -2.43. The summed E-state index contributed by atoms with van der Waals surface area (Å²) < 4.78 is 73.7. The highest BCUT2D eigenvalue weighted by Gasteiger charge is 2.47. The van der Waals surface area contributed by atoms with Gasteiger partial charge in [-0.2, -0.15) is 28.2 Å². The molecule has 2 aromatic heterocycles. The Hall–Kier alpha value is -4.39. The molecule has 4 aliphatic rings. The minimum Gasteiger partial charge on any atom is -0.461 e. The number of ether oxygens (including phenoxy) is 2. The first-order valence-electron chi connectivity index (χ1n) is 17.1. The fourth-order valence-corrected chi connectivity index (χ4v) is 8.22. The second kappa shape index (κ2) is 13.5. The van der Waals surface area contributed by atoms with Crippen molar-refractivity contribution >= 4 is 29.0 Å². The summed E-state index contributed by atoms with van der Waals surface area (Å²) in [5.41, 5.74) is 5.56. The maximum Gasteiger partial charge on any atom is 0.418 e. The highest BCUT2D eigenvalue weighted by atomic mass is 35.5. The van der Waals surface area contributed by atoms with Crippen LogP contribution in [0, 0.1) is 17.7 Å². The summed E-state index contributed by atoms with van der Waals surface area (Å²) in [5.74, 6) is 3.80. The molecule has 2 N–H and O–H groups in total. The topological polar surface area (TPSA) is 115 Å². The van der Waals surface area contributed by atoms with Crippen LogP contribution in [0.5, 0.6) is 6.01 Å². The van der Waals surface area contributed by atoms with E-state index in [9.17, 15) is 18.0 Å². The van der Waals surface area contributed by atoms with Gasteiger partial charge in [0.2, 0.25) is 0 Å². The maximum absolute atomic E-state index is 15.7. The molecule has 1 aromatic carbocycles. The van der Waals surface area contributed by atoms with Gasteiger partial charge in [0.25, 0.3) is 5.91 Å². The van der Waals surface area contributed by atoms with E-state index in [2.05, 4.69) is 28.4 Å². The molecule has 4 aliphatic heterocycles. The number of nitrogens with two attached hydrogens (primary N) is 1. The number of amides is 1. The van der Waals surface area contributed by atoms with Gasteiger partial charge in [-0.05, 0) is 45.2 Å². The van der Waals surface area contributed by atoms with Crippen molar-refractivity contribution in [3.05, 3.63) is 68.4 Å². The molecular formula is C36H39ClF4N8O3. The first kappa shape index (κ1) is 36.0. The summed E-state index contributed by atoms with van der Waals surface area (Å²) in [4.78, 5) is 28.2. The Balaban J connectivity index is 1.30. The molecule has 1 amide bonds. The summed E-state index contributed by atoms with van der Waals surface area (Å²) in [6.07, 6.45) is -3.22. The number of carbonyl (C=O) groups excluding carboxylic acids is 1. The summed E-state index contributed by atoms with van der Waals surface area (Å²) in [6.45, 7) is 8.59. The van der Waals surface area contributed by atoms with Gasteiger partial charge in [0.15, 0.2) is 11.5 Å². The average molecular weight is 743 g/mol. The number of carbonyl (C=O) groups is 1. The standard InChI is InChI=1S/C36H39ClF4N8O3/c1-5-8-21-13-23(42)30(38)27(28(21)36(39,40)41)26-14-24-22(18-51-26)32(44-34(43-24)52-19-35-9-6-11-48(35)16-20(2)15-35)47-10-7-12-49-25(17-47)29(37)31(45-49)33(50)46(3)4/h13,26H,2,6-7,9-12,14-19,42H2,1,3-4H3. The van der Waals surface area contributed by atoms with E-state index in [-0.39, 0.29) is 47.7 Å². The van der Waals surface area contributed by atoms with Crippen molar-refractivity contribution in [3.8, 4) is 17.9 Å². The van der Waals surface area contributed by atoms with Gasteiger partial charge < -0.3 is 25.0 Å². The number of alkyl halides is 3. The molecule has 3 aromatic rings. The largest absolute Gasteiger partial charge is 0.461 e. The molecule has 6 heterocycles. The molecule has 2 saturated heterocycles. The number of hydrogen-bond acceptors (Lipinski definition) is 9. The van der Waals surface area contributed by atoms with Crippen molar-refractivity contribution in [2.45, 2.75) is 76.5 Å². The van der Waals surface area contributed by atoms with E-state index in [0.29, 0.717) is 48.9 Å². The van der Waals surface area contributed by atoms with Crippen LogP contribution in [-0.4, -0.2) is 81.3 Å². The summed E-state index contributed by atoms with van der Waals surface area (Å²) >= 11 is 6.77. The van der Waals surface area contributed by atoms with Crippen LogP contribution < -0.4 is 15.4 Å². The van der Waals surface area contributed by atoms with Crippen LogP contribution in [0.25, 0.3) is 0 Å². The van der Waals surface area contributed by atoms with Gasteiger partial charge in [0, 0.05) is 56.8 Å². The third-order valence-electron chi connectivity index (χ3n) is 10.3. The molecule has 0 radical (unpaired) electrons. The Morgan fingerprint density at radius 2 is 2.02 bits per heavy atom. The first-order chi connectivity index (χ1) is 24.7. The molecule has 0 spiro atoms. The van der Waals surface area contributed by atoms with E-state index in [1.54, 1.807) is 18.8 Å². The Morgan fingerprint density at radius 3 is 2.75 bits per heavy atom. The zero-order valence-electron chi connectivity index (χ0n) is 29.2. The maximum atomic E-state index is 15.7. The minimum absolute atomic E-state index is 0.0436. The van der Waals surface area contributed by atoms with Gasteiger partial charge in [-0.25, -0.2) is 4.39 Å². The minimum atomic E-state index is -4.95. The van der Waals surface area contributed by atoms with Crippen molar-refractivity contribution in [2.24, 2.45) is 0 Å². The third kappa shape index (κ3) is 6.34. The second-order valence-electron chi connectivity index (χ2n) is 14.0. The third-order valence-corrected chi connectivity index (χ3v) is 10.7. The molecule has 16 heteroatoms. The molecule has 0 saturated carbocycles. The van der Waals surface area contributed by atoms with Gasteiger partial charge >= 0.3 is 12.2 Å². The van der Waals surface area contributed by atoms with Gasteiger partial charge in [0.1, 0.15) is 12.4 Å². The molecule has 2 unspecified atom stereocenters. The van der Waals surface area contributed by atoms with Gasteiger partial charge in [0.05, 0.1) is 52.5 Å². The zero-order chi connectivity index (χ0) is 37.1. The molecule has 11 nitrogen and oxygen atoms in total. The molecule has 52 heavy (non-hydrogen) atoms. The number of hydrogen-bond donors (Lipinski definition) is 1. The predicted octanol–water partition coefficient (Wildman–Crippen LogP) is 5.54. The summed E-state index contributed by atoms with van der Waals surface area (Å²) in [6, 6.07) is 0.944. The Kier molecular flexibility index (Phi) is 9.37. The molecule has 0 aliphatic carbocycles. The Morgan fingerprint density at radius 1 is 1.23 bits per heavy atom. The number of nitrogens with zero attached hydrogens (tertiary/aromatic N) is 7. The van der Waals surface area contributed by atoms with Gasteiger partial charge in [-0.15, -0.1) is 5.92 Å². The fraction of sp³-hybridized carbons (Fsp3) is 0.500. The molecule has 0 bridgehead atoms. The van der Waals surface area contributed by atoms with E-state index in [0.717, 1.165) is 44.0 Å². The van der Waals surface area contributed by atoms with Crippen molar-refractivity contribution < 1.29 is 31.8 Å². The number of anilines is 2. The highest BCUT2D eigenvalue weighted by molar-refractivity contribution is 6.34. The van der Waals surface area contributed by atoms with Crippen molar-refractivity contribution in [3.63, 3.8) is 0 Å². The van der Waals surface area contributed by atoms with Crippen LogP contribution in [0.4, 0.5) is 29.1 Å². The quantitative estimate of drug-likeness (QED) is 0.151. The van der Waals surface area contributed by atoms with E-state index in [4.69, 9.17) is 36.8 Å². The number of benzene rings is 1. The summed E-state index contributed by atoms with van der Waals surface area (Å²) in [5, 5.41) is 4.73. The molecular weight excluding hydrogens is 704 g/mol. The molecule has 2 fully saturated rings. The second-order valence-corrected chi connectivity index (χ2v) is 14.4. The molecule has 276 valence electrons. The normalized spacial score (nSPS) is 21.6. The van der Waals surface area contributed by atoms with Crippen molar-refractivity contribution in [2.75, 3.05) is 51.0 Å². The number of halogens is 5. The summed E-state index contributed by atoms with van der Waals surface area (Å²) in [7, 11) is 3.24. The first-order valence-corrected chi connectivity index (χ1v) is 17.5. The number of fused-ring (bicyclic) bond motifs is 3. The van der Waals surface area contributed by atoms with Crippen LogP contribution in [-0.2, 0) is 37.0 Å². The van der Waals surface area contributed by atoms with Crippen molar-refractivity contribution in [1.82, 2.24) is 29.5 Å².